The SMILES string of the molecule is CC(=O)CCNCCN. The van der Waals surface area contributed by atoms with Gasteiger partial charge in [-0.15, -0.1) is 0 Å². The molecule has 0 saturated heterocycles. The van der Waals surface area contributed by atoms with Crippen molar-refractivity contribution in [2.75, 3.05) is 19.6 Å². The number of ketones is 1. The minimum absolute atomic E-state index is 0.222. The minimum atomic E-state index is 0.222. The predicted octanol–water partition coefficient (Wildman–Crippen LogP) is -0.486. The lowest BCUT2D eigenvalue weighted by atomic mass is 10.3. The fourth-order valence-corrected chi connectivity index (χ4v) is 0.491. The van der Waals surface area contributed by atoms with Crippen molar-refractivity contribution in [2.24, 2.45) is 5.73 Å². The van der Waals surface area contributed by atoms with Crippen LogP contribution in [0, 0.1) is 0 Å². The van der Waals surface area contributed by atoms with Crippen molar-refractivity contribution in [3.8, 4) is 0 Å². The third-order valence-electron chi connectivity index (χ3n) is 0.975. The first kappa shape index (κ1) is 8.59. The first-order valence-corrected chi connectivity index (χ1v) is 3.17. The molecule has 0 aliphatic carbocycles. The fourth-order valence-electron chi connectivity index (χ4n) is 0.491. The van der Waals surface area contributed by atoms with Gasteiger partial charge in [-0.2, -0.15) is 0 Å². The Morgan fingerprint density at radius 1 is 1.56 bits per heavy atom. The molecule has 0 heterocycles. The Hall–Kier alpha value is -0.410. The first-order chi connectivity index (χ1) is 4.27. The van der Waals surface area contributed by atoms with Crippen molar-refractivity contribution in [2.45, 2.75) is 13.3 Å². The van der Waals surface area contributed by atoms with Gasteiger partial charge in [-0.05, 0) is 6.92 Å². The smallest absolute Gasteiger partial charge is 0.131 e. The van der Waals surface area contributed by atoms with E-state index in [4.69, 9.17) is 5.73 Å². The molecular formula is C6H14N2O. The summed E-state index contributed by atoms with van der Waals surface area (Å²) in [5, 5.41) is 3.02. The molecule has 0 aliphatic rings. The average molecular weight is 130 g/mol. The molecule has 0 saturated carbocycles. The van der Waals surface area contributed by atoms with Gasteiger partial charge in [0.25, 0.3) is 0 Å². The summed E-state index contributed by atoms with van der Waals surface area (Å²) in [6.07, 6.45) is 0.611. The third kappa shape index (κ3) is 7.59. The summed E-state index contributed by atoms with van der Waals surface area (Å²) < 4.78 is 0. The van der Waals surface area contributed by atoms with E-state index >= 15 is 0 Å². The topological polar surface area (TPSA) is 55.1 Å². The number of carbonyl (C=O) groups is 1. The maximum absolute atomic E-state index is 10.3. The van der Waals surface area contributed by atoms with Crippen LogP contribution in [0.3, 0.4) is 0 Å². The molecule has 9 heavy (non-hydrogen) atoms. The molecule has 3 nitrogen and oxygen atoms in total. The van der Waals surface area contributed by atoms with Gasteiger partial charge < -0.3 is 11.1 Å². The standard InChI is InChI=1S/C6H14N2O/c1-6(9)2-4-8-5-3-7/h8H,2-5,7H2,1H3. The Morgan fingerprint density at radius 2 is 2.22 bits per heavy atom. The molecule has 0 aromatic heterocycles. The maximum atomic E-state index is 10.3. The number of rotatable bonds is 5. The third-order valence-corrected chi connectivity index (χ3v) is 0.975. The zero-order valence-corrected chi connectivity index (χ0v) is 5.81. The van der Waals surface area contributed by atoms with Crippen molar-refractivity contribution >= 4 is 5.78 Å². The van der Waals surface area contributed by atoms with Crippen molar-refractivity contribution < 1.29 is 4.79 Å². The van der Waals surface area contributed by atoms with E-state index in [-0.39, 0.29) is 5.78 Å². The lowest BCUT2D eigenvalue weighted by molar-refractivity contribution is -0.116. The van der Waals surface area contributed by atoms with Crippen LogP contribution in [0.4, 0.5) is 0 Å². The normalized spacial score (nSPS) is 9.56. The summed E-state index contributed by atoms with van der Waals surface area (Å²) in [4.78, 5) is 10.3. The van der Waals surface area contributed by atoms with Crippen LogP contribution in [0.25, 0.3) is 0 Å². The lowest BCUT2D eigenvalue weighted by Crippen LogP contribution is -2.24. The highest BCUT2D eigenvalue weighted by Crippen LogP contribution is 1.75. The van der Waals surface area contributed by atoms with Crippen molar-refractivity contribution in [3.63, 3.8) is 0 Å². The molecule has 0 aromatic rings. The summed E-state index contributed by atoms with van der Waals surface area (Å²) in [5.74, 6) is 0.222. The zero-order valence-electron chi connectivity index (χ0n) is 5.81. The predicted molar refractivity (Wildman–Crippen MR) is 37.2 cm³/mol. The Labute approximate surface area is 55.6 Å². The van der Waals surface area contributed by atoms with Crippen LogP contribution in [0.2, 0.25) is 0 Å². The number of hydrogen-bond acceptors (Lipinski definition) is 3. The molecule has 0 spiro atoms. The molecule has 0 unspecified atom stereocenters. The second-order valence-electron chi connectivity index (χ2n) is 1.99. The number of carbonyl (C=O) groups excluding carboxylic acids is 1. The van der Waals surface area contributed by atoms with Gasteiger partial charge >= 0.3 is 0 Å². The van der Waals surface area contributed by atoms with E-state index < -0.39 is 0 Å². The quantitative estimate of drug-likeness (QED) is 0.494. The summed E-state index contributed by atoms with van der Waals surface area (Å²) >= 11 is 0. The van der Waals surface area contributed by atoms with Crippen molar-refractivity contribution in [1.29, 1.82) is 0 Å². The Balaban J connectivity index is 2.83. The second kappa shape index (κ2) is 5.72. The van der Waals surface area contributed by atoms with E-state index in [1.807, 2.05) is 0 Å². The van der Waals surface area contributed by atoms with E-state index in [2.05, 4.69) is 5.32 Å². The number of Topliss-reactive ketones (excluding diaryl/α,β-unsaturated/α-hetero) is 1. The Morgan fingerprint density at radius 3 is 2.67 bits per heavy atom. The highest BCUT2D eigenvalue weighted by Gasteiger charge is 1.89. The molecule has 0 aromatic carbocycles. The molecule has 54 valence electrons. The van der Waals surface area contributed by atoms with Crippen LogP contribution >= 0.6 is 0 Å². The summed E-state index contributed by atoms with van der Waals surface area (Å²) in [6.45, 7) is 3.78. The van der Waals surface area contributed by atoms with E-state index in [9.17, 15) is 4.79 Å². The van der Waals surface area contributed by atoms with Crippen LogP contribution in [0.5, 0.6) is 0 Å². The highest BCUT2D eigenvalue weighted by molar-refractivity contribution is 5.75. The van der Waals surface area contributed by atoms with E-state index in [1.165, 1.54) is 0 Å². The summed E-state index contributed by atoms with van der Waals surface area (Å²) in [6, 6.07) is 0. The Bertz CT molecular complexity index is 83.1. The van der Waals surface area contributed by atoms with Gasteiger partial charge in [-0.3, -0.25) is 4.79 Å². The van der Waals surface area contributed by atoms with Gasteiger partial charge in [-0.1, -0.05) is 0 Å². The van der Waals surface area contributed by atoms with Crippen LogP contribution in [0.1, 0.15) is 13.3 Å². The zero-order chi connectivity index (χ0) is 7.11. The summed E-state index contributed by atoms with van der Waals surface area (Å²) in [5.41, 5.74) is 5.20. The van der Waals surface area contributed by atoms with Gasteiger partial charge in [0, 0.05) is 26.1 Å². The second-order valence-corrected chi connectivity index (χ2v) is 1.99. The largest absolute Gasteiger partial charge is 0.329 e. The van der Waals surface area contributed by atoms with Crippen LogP contribution < -0.4 is 11.1 Å². The fraction of sp³-hybridized carbons (Fsp3) is 0.833. The monoisotopic (exact) mass is 130 g/mol. The minimum Gasteiger partial charge on any atom is -0.329 e. The molecule has 0 amide bonds. The first-order valence-electron chi connectivity index (χ1n) is 3.17. The van der Waals surface area contributed by atoms with Gasteiger partial charge in [0.2, 0.25) is 0 Å². The van der Waals surface area contributed by atoms with Gasteiger partial charge in [0.05, 0.1) is 0 Å². The molecule has 0 fully saturated rings. The molecule has 0 aliphatic heterocycles. The molecule has 0 bridgehead atoms. The average Bonchev–Trinajstić information content (AvgIpc) is 1.80. The number of hydrogen-bond donors (Lipinski definition) is 2. The number of nitrogens with one attached hydrogen (secondary N) is 1. The van der Waals surface area contributed by atoms with Crippen molar-refractivity contribution in [3.05, 3.63) is 0 Å². The molecule has 0 atom stereocenters. The molecule has 0 rings (SSSR count). The van der Waals surface area contributed by atoms with Crippen molar-refractivity contribution in [1.82, 2.24) is 5.32 Å². The molecule has 0 radical (unpaired) electrons. The molecular weight excluding hydrogens is 116 g/mol. The maximum Gasteiger partial charge on any atom is 0.131 e. The van der Waals surface area contributed by atoms with E-state index in [0.717, 1.165) is 13.1 Å². The van der Waals surface area contributed by atoms with Gasteiger partial charge in [-0.25, -0.2) is 0 Å². The number of nitrogens with two attached hydrogens (primary N) is 1. The highest BCUT2D eigenvalue weighted by atomic mass is 16.1. The molecule has 3 heteroatoms. The van der Waals surface area contributed by atoms with Crippen LogP contribution in [0.15, 0.2) is 0 Å². The summed E-state index contributed by atoms with van der Waals surface area (Å²) in [7, 11) is 0. The molecule has 3 N–H and O–H groups in total. The Kier molecular flexibility index (Phi) is 5.46. The van der Waals surface area contributed by atoms with E-state index in [1.54, 1.807) is 6.92 Å². The van der Waals surface area contributed by atoms with Gasteiger partial charge in [0.1, 0.15) is 5.78 Å². The van der Waals surface area contributed by atoms with Crippen LogP contribution in [-0.4, -0.2) is 25.4 Å². The lowest BCUT2D eigenvalue weighted by Gasteiger charge is -1.97. The van der Waals surface area contributed by atoms with Crippen LogP contribution in [-0.2, 0) is 4.79 Å². The van der Waals surface area contributed by atoms with Gasteiger partial charge in [0.15, 0.2) is 0 Å². The van der Waals surface area contributed by atoms with E-state index in [0.29, 0.717) is 13.0 Å².